The summed E-state index contributed by atoms with van der Waals surface area (Å²) in [6.07, 6.45) is 0.780. The average Bonchev–Trinajstić information content (AvgIpc) is 2.81. The van der Waals surface area contributed by atoms with Gasteiger partial charge in [-0.3, -0.25) is 4.79 Å². The summed E-state index contributed by atoms with van der Waals surface area (Å²) in [5.41, 5.74) is 0.414. The Morgan fingerprint density at radius 1 is 1.04 bits per heavy atom. The third-order valence-corrected chi connectivity index (χ3v) is 4.22. The minimum Gasteiger partial charge on any atom is -0.490 e. The number of carbonyl (C=O) groups excluding carboxylic acids is 1. The minimum atomic E-state index is -0.396. The van der Waals surface area contributed by atoms with Gasteiger partial charge in [0, 0.05) is 29.6 Å². The molecule has 132 valence electrons. The van der Waals surface area contributed by atoms with E-state index in [4.69, 9.17) is 49.0 Å². The molecule has 8 heteroatoms. The summed E-state index contributed by atoms with van der Waals surface area (Å²) < 4.78 is 16.5. The Labute approximate surface area is 159 Å². The molecule has 2 aromatic carbocycles. The van der Waals surface area contributed by atoms with Gasteiger partial charge in [-0.2, -0.15) is 0 Å². The van der Waals surface area contributed by atoms with Crippen molar-refractivity contribution in [3.05, 3.63) is 45.4 Å². The van der Waals surface area contributed by atoms with Crippen molar-refractivity contribution >= 4 is 46.4 Å². The van der Waals surface area contributed by atoms with Gasteiger partial charge in [0.1, 0.15) is 5.75 Å². The number of carbonyl (C=O) groups is 1. The summed E-state index contributed by atoms with van der Waals surface area (Å²) in [4.78, 5) is 12.1. The van der Waals surface area contributed by atoms with E-state index in [0.29, 0.717) is 51.2 Å². The fourth-order valence-electron chi connectivity index (χ4n) is 2.20. The molecule has 0 radical (unpaired) electrons. The van der Waals surface area contributed by atoms with E-state index >= 15 is 0 Å². The van der Waals surface area contributed by atoms with Crippen LogP contribution >= 0.6 is 34.8 Å². The second-order valence-corrected chi connectivity index (χ2v) is 6.49. The molecule has 1 aliphatic heterocycles. The number of halogens is 3. The van der Waals surface area contributed by atoms with Crippen molar-refractivity contribution in [3.63, 3.8) is 0 Å². The quantitative estimate of drug-likeness (QED) is 0.796. The molecule has 1 heterocycles. The molecule has 25 heavy (non-hydrogen) atoms. The molecule has 0 unspecified atom stereocenters. The molecule has 0 aromatic heterocycles. The van der Waals surface area contributed by atoms with Crippen LogP contribution in [-0.2, 0) is 4.79 Å². The van der Waals surface area contributed by atoms with Crippen molar-refractivity contribution in [2.45, 2.75) is 6.42 Å². The summed E-state index contributed by atoms with van der Waals surface area (Å²) >= 11 is 18.1. The van der Waals surface area contributed by atoms with Crippen LogP contribution in [0.1, 0.15) is 6.42 Å². The zero-order valence-electron chi connectivity index (χ0n) is 13.0. The lowest BCUT2D eigenvalue weighted by Gasteiger charge is -2.13. The van der Waals surface area contributed by atoms with E-state index in [1.807, 2.05) is 0 Å². The number of nitrogens with one attached hydrogen (secondary N) is 1. The monoisotopic (exact) mass is 401 g/mol. The smallest absolute Gasteiger partial charge is 0.262 e. The van der Waals surface area contributed by atoms with Crippen LogP contribution in [0.15, 0.2) is 30.3 Å². The lowest BCUT2D eigenvalue weighted by atomic mass is 10.2. The molecule has 3 rings (SSSR count). The van der Waals surface area contributed by atoms with E-state index in [0.717, 1.165) is 6.42 Å². The molecule has 1 N–H and O–H groups in total. The van der Waals surface area contributed by atoms with Gasteiger partial charge in [0.25, 0.3) is 5.91 Å². The number of ether oxygens (including phenoxy) is 3. The number of hydrogen-bond donors (Lipinski definition) is 1. The molecule has 0 atom stereocenters. The molecular weight excluding hydrogens is 389 g/mol. The van der Waals surface area contributed by atoms with E-state index < -0.39 is 5.91 Å². The SMILES string of the molecule is O=C(COc1cc(Cl)ccc1Cl)Nc1cc2c(cc1Cl)OCCCO2. The molecule has 0 aliphatic carbocycles. The lowest BCUT2D eigenvalue weighted by molar-refractivity contribution is -0.118. The van der Waals surface area contributed by atoms with Gasteiger partial charge in [-0.1, -0.05) is 34.8 Å². The normalized spacial score (nSPS) is 13.1. The fraction of sp³-hybridized carbons (Fsp3) is 0.235. The predicted molar refractivity (Wildman–Crippen MR) is 97.6 cm³/mol. The van der Waals surface area contributed by atoms with Gasteiger partial charge in [-0.15, -0.1) is 0 Å². The Hall–Kier alpha value is -1.82. The highest BCUT2D eigenvalue weighted by Crippen LogP contribution is 2.37. The van der Waals surface area contributed by atoms with Crippen molar-refractivity contribution in [1.29, 1.82) is 0 Å². The highest BCUT2D eigenvalue weighted by atomic mass is 35.5. The van der Waals surface area contributed by atoms with Crippen LogP contribution in [0.5, 0.6) is 17.2 Å². The Morgan fingerprint density at radius 3 is 2.52 bits per heavy atom. The van der Waals surface area contributed by atoms with Crippen LogP contribution in [0.4, 0.5) is 5.69 Å². The van der Waals surface area contributed by atoms with Crippen molar-refractivity contribution in [1.82, 2.24) is 0 Å². The highest BCUT2D eigenvalue weighted by Gasteiger charge is 2.16. The highest BCUT2D eigenvalue weighted by molar-refractivity contribution is 6.34. The van der Waals surface area contributed by atoms with Crippen LogP contribution < -0.4 is 19.5 Å². The van der Waals surface area contributed by atoms with Gasteiger partial charge < -0.3 is 19.5 Å². The van der Waals surface area contributed by atoms with E-state index in [1.165, 1.54) is 6.07 Å². The average molecular weight is 403 g/mol. The van der Waals surface area contributed by atoms with Gasteiger partial charge in [-0.05, 0) is 12.1 Å². The molecule has 0 saturated carbocycles. The second kappa shape index (κ2) is 8.04. The standard InChI is InChI=1S/C17H14Cl3NO4/c18-10-2-3-11(19)14(6-10)25-9-17(22)21-13-8-16-15(7-12(13)20)23-4-1-5-24-16/h2-3,6-8H,1,4-5,9H2,(H,21,22). The number of fused-ring (bicyclic) bond motifs is 1. The van der Waals surface area contributed by atoms with Crippen molar-refractivity contribution in [3.8, 4) is 17.2 Å². The summed E-state index contributed by atoms with van der Waals surface area (Å²) in [7, 11) is 0. The summed E-state index contributed by atoms with van der Waals surface area (Å²) in [5, 5.41) is 3.85. The summed E-state index contributed by atoms with van der Waals surface area (Å²) in [5.74, 6) is 1.03. The van der Waals surface area contributed by atoms with Gasteiger partial charge in [0.2, 0.25) is 0 Å². The van der Waals surface area contributed by atoms with Crippen molar-refractivity contribution in [2.75, 3.05) is 25.1 Å². The Kier molecular flexibility index (Phi) is 5.78. The first-order valence-corrected chi connectivity index (χ1v) is 8.63. The zero-order chi connectivity index (χ0) is 17.8. The summed E-state index contributed by atoms with van der Waals surface area (Å²) in [6.45, 7) is 0.854. The third kappa shape index (κ3) is 4.63. The maximum absolute atomic E-state index is 12.1. The second-order valence-electron chi connectivity index (χ2n) is 5.24. The predicted octanol–water partition coefficient (Wildman–Crippen LogP) is 4.83. The van der Waals surface area contributed by atoms with Crippen LogP contribution in [0.2, 0.25) is 15.1 Å². The molecule has 0 bridgehead atoms. The number of hydrogen-bond acceptors (Lipinski definition) is 4. The molecule has 0 spiro atoms. The van der Waals surface area contributed by atoms with E-state index in [2.05, 4.69) is 5.32 Å². The topological polar surface area (TPSA) is 56.8 Å². The fourth-order valence-corrected chi connectivity index (χ4v) is 2.73. The van der Waals surface area contributed by atoms with Crippen molar-refractivity contribution in [2.24, 2.45) is 0 Å². The van der Waals surface area contributed by atoms with Crippen LogP contribution in [0.25, 0.3) is 0 Å². The first-order valence-electron chi connectivity index (χ1n) is 7.50. The van der Waals surface area contributed by atoms with Gasteiger partial charge in [-0.25, -0.2) is 0 Å². The molecule has 5 nitrogen and oxygen atoms in total. The largest absolute Gasteiger partial charge is 0.490 e. The first kappa shape index (κ1) is 18.0. The van der Waals surface area contributed by atoms with E-state index in [1.54, 1.807) is 24.3 Å². The maximum atomic E-state index is 12.1. The van der Waals surface area contributed by atoms with Crippen LogP contribution in [0.3, 0.4) is 0 Å². The zero-order valence-corrected chi connectivity index (χ0v) is 15.2. The van der Waals surface area contributed by atoms with Gasteiger partial charge in [0.05, 0.1) is 28.9 Å². The van der Waals surface area contributed by atoms with Gasteiger partial charge >= 0.3 is 0 Å². The lowest BCUT2D eigenvalue weighted by Crippen LogP contribution is -2.20. The molecule has 0 saturated heterocycles. The minimum absolute atomic E-state index is 0.245. The number of rotatable bonds is 4. The summed E-state index contributed by atoms with van der Waals surface area (Å²) in [6, 6.07) is 8.02. The first-order chi connectivity index (χ1) is 12.0. The molecule has 1 aliphatic rings. The number of amides is 1. The maximum Gasteiger partial charge on any atom is 0.262 e. The van der Waals surface area contributed by atoms with Crippen molar-refractivity contribution < 1.29 is 19.0 Å². The van der Waals surface area contributed by atoms with E-state index in [-0.39, 0.29) is 6.61 Å². The third-order valence-electron chi connectivity index (χ3n) is 3.36. The molecule has 1 amide bonds. The Morgan fingerprint density at radius 2 is 1.76 bits per heavy atom. The Balaban J connectivity index is 1.66. The van der Waals surface area contributed by atoms with Crippen LogP contribution in [0, 0.1) is 0 Å². The van der Waals surface area contributed by atoms with Crippen LogP contribution in [-0.4, -0.2) is 25.7 Å². The number of benzene rings is 2. The molecular formula is C17H14Cl3NO4. The Bertz CT molecular complexity index is 798. The molecule has 0 fully saturated rings. The van der Waals surface area contributed by atoms with E-state index in [9.17, 15) is 4.79 Å². The van der Waals surface area contributed by atoms with Gasteiger partial charge in [0.15, 0.2) is 18.1 Å². The molecule has 2 aromatic rings. The number of anilines is 1.